The first-order valence-electron chi connectivity index (χ1n) is 5.64. The lowest BCUT2D eigenvalue weighted by molar-refractivity contribution is 0.112. The van der Waals surface area contributed by atoms with Crippen LogP contribution in [0, 0.1) is 11.3 Å². The van der Waals surface area contributed by atoms with Crippen molar-refractivity contribution in [3.8, 4) is 6.07 Å². The fourth-order valence-electron chi connectivity index (χ4n) is 1.85. The van der Waals surface area contributed by atoms with Crippen molar-refractivity contribution in [2.24, 2.45) is 0 Å². The quantitative estimate of drug-likeness (QED) is 0.807. The minimum atomic E-state index is 0.592. The summed E-state index contributed by atoms with van der Waals surface area (Å²) in [5, 5.41) is 8.92. The summed E-state index contributed by atoms with van der Waals surface area (Å²) in [6.45, 7) is 0. The average molecular weight is 315 g/mol. The van der Waals surface area contributed by atoms with Gasteiger partial charge in [-0.25, -0.2) is 0 Å². The van der Waals surface area contributed by atoms with E-state index in [1.54, 1.807) is 18.2 Å². The van der Waals surface area contributed by atoms with Crippen molar-refractivity contribution >= 4 is 33.6 Å². The van der Waals surface area contributed by atoms with Crippen molar-refractivity contribution in [3.05, 3.63) is 58.1 Å². The van der Waals surface area contributed by atoms with Crippen LogP contribution in [0.1, 0.15) is 15.9 Å². The van der Waals surface area contributed by atoms with E-state index < -0.39 is 0 Å². The second-order valence-corrected chi connectivity index (χ2v) is 4.96. The topological polar surface area (TPSA) is 44.1 Å². The van der Waals surface area contributed by atoms with Gasteiger partial charge in [0, 0.05) is 22.8 Å². The zero-order valence-corrected chi connectivity index (χ0v) is 11.9. The molecule has 0 saturated carbocycles. The molecule has 0 amide bonds. The number of rotatable bonds is 3. The zero-order valence-electron chi connectivity index (χ0n) is 10.3. The molecule has 0 fully saturated rings. The predicted molar refractivity (Wildman–Crippen MR) is 78.7 cm³/mol. The van der Waals surface area contributed by atoms with Gasteiger partial charge < -0.3 is 4.90 Å². The Bertz CT molecular complexity index is 661. The lowest BCUT2D eigenvalue weighted by Gasteiger charge is -2.21. The number of anilines is 2. The highest BCUT2D eigenvalue weighted by Gasteiger charge is 2.09. The van der Waals surface area contributed by atoms with Gasteiger partial charge in [-0.05, 0) is 36.4 Å². The SMILES string of the molecule is CN(c1cccc(C#N)c1)c1ccc(Br)cc1C=O. The van der Waals surface area contributed by atoms with Gasteiger partial charge in [0.2, 0.25) is 0 Å². The van der Waals surface area contributed by atoms with Crippen LogP contribution in [-0.2, 0) is 0 Å². The third-order valence-electron chi connectivity index (χ3n) is 2.84. The molecule has 0 aromatic heterocycles. The number of nitriles is 1. The van der Waals surface area contributed by atoms with E-state index in [0.717, 1.165) is 22.1 Å². The minimum Gasteiger partial charge on any atom is -0.344 e. The highest BCUT2D eigenvalue weighted by atomic mass is 79.9. The fraction of sp³-hybridized carbons (Fsp3) is 0.0667. The zero-order chi connectivity index (χ0) is 13.8. The van der Waals surface area contributed by atoms with E-state index in [0.29, 0.717) is 11.1 Å². The second-order valence-electron chi connectivity index (χ2n) is 4.04. The first-order valence-corrected chi connectivity index (χ1v) is 6.43. The van der Waals surface area contributed by atoms with Crippen molar-refractivity contribution in [2.75, 3.05) is 11.9 Å². The van der Waals surface area contributed by atoms with E-state index in [2.05, 4.69) is 22.0 Å². The number of benzene rings is 2. The van der Waals surface area contributed by atoms with Crippen LogP contribution in [0.4, 0.5) is 11.4 Å². The maximum atomic E-state index is 11.1. The fourth-order valence-corrected chi connectivity index (χ4v) is 2.23. The van der Waals surface area contributed by atoms with Crippen LogP contribution >= 0.6 is 15.9 Å². The second kappa shape index (κ2) is 5.68. The van der Waals surface area contributed by atoms with Crippen molar-refractivity contribution in [3.63, 3.8) is 0 Å². The Kier molecular flexibility index (Phi) is 3.98. The number of aldehydes is 1. The lowest BCUT2D eigenvalue weighted by atomic mass is 10.1. The maximum Gasteiger partial charge on any atom is 0.152 e. The third kappa shape index (κ3) is 2.83. The smallest absolute Gasteiger partial charge is 0.152 e. The average Bonchev–Trinajstić information content (AvgIpc) is 2.46. The molecule has 2 aromatic carbocycles. The van der Waals surface area contributed by atoms with Crippen LogP contribution in [0.3, 0.4) is 0 Å². The molecule has 0 aliphatic carbocycles. The van der Waals surface area contributed by atoms with Crippen molar-refractivity contribution in [1.82, 2.24) is 0 Å². The molecular formula is C15H11BrN2O. The van der Waals surface area contributed by atoms with Gasteiger partial charge in [0.05, 0.1) is 17.3 Å². The molecule has 0 heterocycles. The van der Waals surface area contributed by atoms with E-state index in [1.807, 2.05) is 36.2 Å². The molecule has 0 radical (unpaired) electrons. The number of nitrogens with zero attached hydrogens (tertiary/aromatic N) is 2. The Morgan fingerprint density at radius 3 is 2.74 bits per heavy atom. The van der Waals surface area contributed by atoms with Gasteiger partial charge in [0.25, 0.3) is 0 Å². The first-order chi connectivity index (χ1) is 9.15. The highest BCUT2D eigenvalue weighted by molar-refractivity contribution is 9.10. The van der Waals surface area contributed by atoms with Crippen molar-refractivity contribution in [2.45, 2.75) is 0 Å². The molecule has 2 aromatic rings. The van der Waals surface area contributed by atoms with Gasteiger partial charge in [0.1, 0.15) is 0 Å². The summed E-state index contributed by atoms with van der Waals surface area (Å²) in [5.41, 5.74) is 2.85. The van der Waals surface area contributed by atoms with Crippen molar-refractivity contribution < 1.29 is 4.79 Å². The standard InChI is InChI=1S/C15H11BrN2O/c1-18(14-4-2-3-11(7-14)9-17)15-6-5-13(16)8-12(15)10-19/h2-8,10H,1H3. The van der Waals surface area contributed by atoms with Gasteiger partial charge in [-0.15, -0.1) is 0 Å². The van der Waals surface area contributed by atoms with E-state index in [4.69, 9.17) is 5.26 Å². The summed E-state index contributed by atoms with van der Waals surface area (Å²) >= 11 is 3.34. The van der Waals surface area contributed by atoms with E-state index in [-0.39, 0.29) is 0 Å². The summed E-state index contributed by atoms with van der Waals surface area (Å²) in [4.78, 5) is 13.0. The number of hydrogen-bond donors (Lipinski definition) is 0. The molecule has 0 N–H and O–H groups in total. The maximum absolute atomic E-state index is 11.1. The molecule has 0 aliphatic rings. The lowest BCUT2D eigenvalue weighted by Crippen LogP contribution is -2.11. The van der Waals surface area contributed by atoms with Gasteiger partial charge in [-0.1, -0.05) is 22.0 Å². The Hall–Kier alpha value is -2.12. The number of halogens is 1. The van der Waals surface area contributed by atoms with Crippen LogP contribution in [0.5, 0.6) is 0 Å². The Morgan fingerprint density at radius 2 is 2.05 bits per heavy atom. The molecule has 3 nitrogen and oxygen atoms in total. The van der Waals surface area contributed by atoms with E-state index in [1.165, 1.54) is 0 Å². The van der Waals surface area contributed by atoms with Gasteiger partial charge >= 0.3 is 0 Å². The third-order valence-corrected chi connectivity index (χ3v) is 3.33. The predicted octanol–water partition coefficient (Wildman–Crippen LogP) is 3.90. The minimum absolute atomic E-state index is 0.592. The monoisotopic (exact) mass is 314 g/mol. The highest BCUT2D eigenvalue weighted by Crippen LogP contribution is 2.28. The van der Waals surface area contributed by atoms with Crippen LogP contribution < -0.4 is 4.90 Å². The summed E-state index contributed by atoms with van der Waals surface area (Å²) < 4.78 is 0.859. The van der Waals surface area contributed by atoms with Gasteiger partial charge in [0.15, 0.2) is 6.29 Å². The van der Waals surface area contributed by atoms with E-state index in [9.17, 15) is 4.79 Å². The number of carbonyl (C=O) groups excluding carboxylic acids is 1. The molecule has 0 unspecified atom stereocenters. The van der Waals surface area contributed by atoms with Crippen LogP contribution in [0.2, 0.25) is 0 Å². The summed E-state index contributed by atoms with van der Waals surface area (Å²) in [6.07, 6.45) is 0.824. The largest absolute Gasteiger partial charge is 0.344 e. The number of hydrogen-bond acceptors (Lipinski definition) is 3. The molecule has 0 spiro atoms. The van der Waals surface area contributed by atoms with Crippen LogP contribution in [0.25, 0.3) is 0 Å². The van der Waals surface area contributed by atoms with E-state index >= 15 is 0 Å². The first kappa shape index (κ1) is 13.3. The molecule has 0 atom stereocenters. The summed E-state index contributed by atoms with van der Waals surface area (Å²) in [6, 6.07) is 14.9. The van der Waals surface area contributed by atoms with Crippen LogP contribution in [-0.4, -0.2) is 13.3 Å². The van der Waals surface area contributed by atoms with Crippen LogP contribution in [0.15, 0.2) is 46.9 Å². The molecule has 19 heavy (non-hydrogen) atoms. The number of carbonyl (C=O) groups is 1. The Balaban J connectivity index is 2.46. The summed E-state index contributed by atoms with van der Waals surface area (Å²) in [5.74, 6) is 0. The normalized spacial score (nSPS) is 9.74. The molecule has 94 valence electrons. The molecule has 4 heteroatoms. The molecule has 0 bridgehead atoms. The summed E-state index contributed by atoms with van der Waals surface area (Å²) in [7, 11) is 1.87. The Labute approximate surface area is 120 Å². The molecule has 0 saturated heterocycles. The van der Waals surface area contributed by atoms with Gasteiger partial charge in [-0.3, -0.25) is 4.79 Å². The molecule has 2 rings (SSSR count). The van der Waals surface area contributed by atoms with Crippen molar-refractivity contribution in [1.29, 1.82) is 5.26 Å². The van der Waals surface area contributed by atoms with Gasteiger partial charge in [-0.2, -0.15) is 5.26 Å². The molecular weight excluding hydrogens is 304 g/mol. The molecule has 0 aliphatic heterocycles. The Morgan fingerprint density at radius 1 is 1.26 bits per heavy atom.